The Bertz CT molecular complexity index is 1380. The largest absolute Gasteiger partial charge is 0.367 e. The lowest BCUT2D eigenvalue weighted by molar-refractivity contribution is 0.0724. The third-order valence-corrected chi connectivity index (χ3v) is 7.79. The summed E-state index contributed by atoms with van der Waals surface area (Å²) in [6, 6.07) is 19.9. The highest BCUT2D eigenvalue weighted by Gasteiger charge is 2.27. The number of piperazine rings is 1. The number of urea groups is 1. The van der Waals surface area contributed by atoms with Gasteiger partial charge < -0.3 is 25.3 Å². The smallest absolute Gasteiger partial charge is 0.321 e. The van der Waals surface area contributed by atoms with Crippen molar-refractivity contribution in [2.45, 2.75) is 26.2 Å². The Kier molecular flexibility index (Phi) is 8.55. The van der Waals surface area contributed by atoms with E-state index in [4.69, 9.17) is 11.6 Å². The van der Waals surface area contributed by atoms with Crippen molar-refractivity contribution in [1.82, 2.24) is 9.80 Å². The maximum absolute atomic E-state index is 13.7. The van der Waals surface area contributed by atoms with Crippen LogP contribution in [0, 0.1) is 6.92 Å². The molecule has 208 valence electrons. The number of carbonyl (C=O) groups is 3. The summed E-state index contributed by atoms with van der Waals surface area (Å²) in [5.74, 6) is -0.369. The molecule has 0 spiro atoms. The molecule has 0 unspecified atom stereocenters. The predicted octanol–water partition coefficient (Wildman–Crippen LogP) is 5.88. The van der Waals surface area contributed by atoms with E-state index in [1.165, 1.54) is 0 Å². The second kappa shape index (κ2) is 12.4. The number of amides is 4. The molecular formula is C31H34ClN5O3. The molecule has 5 rings (SSSR count). The normalized spacial score (nSPS) is 15.5. The van der Waals surface area contributed by atoms with E-state index in [-0.39, 0.29) is 17.8 Å². The Morgan fingerprint density at radius 3 is 2.08 bits per heavy atom. The van der Waals surface area contributed by atoms with Gasteiger partial charge in [0.1, 0.15) is 0 Å². The summed E-state index contributed by atoms with van der Waals surface area (Å²) in [5.41, 5.74) is 4.17. The van der Waals surface area contributed by atoms with Gasteiger partial charge in [0.25, 0.3) is 11.8 Å². The van der Waals surface area contributed by atoms with Crippen LogP contribution >= 0.6 is 11.6 Å². The highest BCUT2D eigenvalue weighted by Crippen LogP contribution is 2.29. The average molecular weight is 560 g/mol. The van der Waals surface area contributed by atoms with Crippen molar-refractivity contribution in [1.29, 1.82) is 0 Å². The van der Waals surface area contributed by atoms with Gasteiger partial charge in [-0.05, 0) is 68.7 Å². The van der Waals surface area contributed by atoms with Crippen LogP contribution < -0.4 is 15.5 Å². The number of rotatable bonds is 5. The minimum absolute atomic E-state index is 0.0388. The Labute approximate surface area is 239 Å². The van der Waals surface area contributed by atoms with E-state index in [1.807, 2.05) is 48.2 Å². The topological polar surface area (TPSA) is 85.0 Å². The molecule has 2 N–H and O–H groups in total. The van der Waals surface area contributed by atoms with Crippen molar-refractivity contribution in [3.05, 3.63) is 88.4 Å². The monoisotopic (exact) mass is 559 g/mol. The first-order chi connectivity index (χ1) is 19.4. The number of aryl methyl sites for hydroxylation is 1. The fourth-order valence-electron chi connectivity index (χ4n) is 5.16. The maximum atomic E-state index is 13.7. The lowest BCUT2D eigenvalue weighted by atomic mass is 10.1. The highest BCUT2D eigenvalue weighted by molar-refractivity contribution is 6.34. The molecule has 0 aliphatic carbocycles. The molecule has 2 aliphatic rings. The van der Waals surface area contributed by atoms with Crippen molar-refractivity contribution in [2.75, 3.05) is 54.8 Å². The SMILES string of the molecule is Cc1ccc(NC(=O)N2CCN(c3ccc(NC(=O)c4ccccc4Cl)cc3C(=O)N3CCCCC3)CC2)cc1. The molecule has 2 saturated heterocycles. The predicted molar refractivity (Wildman–Crippen MR) is 160 cm³/mol. The zero-order valence-corrected chi connectivity index (χ0v) is 23.4. The molecule has 9 heteroatoms. The van der Waals surface area contributed by atoms with Gasteiger partial charge in [0.2, 0.25) is 0 Å². The molecule has 8 nitrogen and oxygen atoms in total. The van der Waals surface area contributed by atoms with Crippen molar-refractivity contribution in [3.8, 4) is 0 Å². The van der Waals surface area contributed by atoms with Crippen LogP contribution in [0.15, 0.2) is 66.7 Å². The van der Waals surface area contributed by atoms with Crippen LogP contribution in [0.25, 0.3) is 0 Å². The van der Waals surface area contributed by atoms with E-state index >= 15 is 0 Å². The average Bonchev–Trinajstić information content (AvgIpc) is 2.98. The van der Waals surface area contributed by atoms with Crippen LogP contribution in [0.5, 0.6) is 0 Å². The number of piperidine rings is 1. The van der Waals surface area contributed by atoms with Crippen LogP contribution in [0.4, 0.5) is 21.9 Å². The Balaban J connectivity index is 1.32. The van der Waals surface area contributed by atoms with Gasteiger partial charge in [-0.25, -0.2) is 4.79 Å². The molecule has 2 aliphatic heterocycles. The number of benzene rings is 3. The molecule has 0 radical (unpaired) electrons. The van der Waals surface area contributed by atoms with Gasteiger partial charge in [0.05, 0.1) is 16.1 Å². The molecule has 0 aromatic heterocycles. The molecule has 3 aromatic rings. The van der Waals surface area contributed by atoms with E-state index in [0.29, 0.717) is 48.0 Å². The van der Waals surface area contributed by atoms with Gasteiger partial charge >= 0.3 is 6.03 Å². The third kappa shape index (κ3) is 6.39. The first-order valence-corrected chi connectivity index (χ1v) is 14.1. The van der Waals surface area contributed by atoms with Crippen molar-refractivity contribution < 1.29 is 14.4 Å². The molecule has 40 heavy (non-hydrogen) atoms. The summed E-state index contributed by atoms with van der Waals surface area (Å²) in [4.78, 5) is 45.3. The van der Waals surface area contributed by atoms with E-state index in [0.717, 1.165) is 49.3 Å². The van der Waals surface area contributed by atoms with Crippen molar-refractivity contribution >= 4 is 46.5 Å². The van der Waals surface area contributed by atoms with E-state index in [2.05, 4.69) is 15.5 Å². The van der Waals surface area contributed by atoms with Gasteiger partial charge in [-0.2, -0.15) is 0 Å². The van der Waals surface area contributed by atoms with Gasteiger partial charge in [-0.3, -0.25) is 9.59 Å². The molecule has 3 aromatic carbocycles. The summed E-state index contributed by atoms with van der Waals surface area (Å²) in [6.45, 7) is 5.69. The van der Waals surface area contributed by atoms with Crippen LogP contribution in [0.2, 0.25) is 5.02 Å². The number of hydrogen-bond donors (Lipinski definition) is 2. The minimum atomic E-state index is -0.331. The van der Waals surface area contributed by atoms with Crippen molar-refractivity contribution in [3.63, 3.8) is 0 Å². The van der Waals surface area contributed by atoms with Gasteiger partial charge in [-0.1, -0.05) is 41.4 Å². The maximum Gasteiger partial charge on any atom is 0.321 e. The van der Waals surface area contributed by atoms with Crippen molar-refractivity contribution in [2.24, 2.45) is 0 Å². The summed E-state index contributed by atoms with van der Waals surface area (Å²) in [7, 11) is 0. The molecule has 4 amide bonds. The standard InChI is InChI=1S/C31H34ClN5O3/c1-22-9-11-23(12-10-22)34-31(40)37-19-17-35(18-20-37)28-14-13-24(33-29(38)25-7-3-4-8-27(25)32)21-26(28)30(39)36-15-5-2-6-16-36/h3-4,7-14,21H,2,5-6,15-20H2,1H3,(H,33,38)(H,34,40). The number of halogens is 1. The highest BCUT2D eigenvalue weighted by atomic mass is 35.5. The lowest BCUT2D eigenvalue weighted by Gasteiger charge is -2.37. The fourth-order valence-corrected chi connectivity index (χ4v) is 5.38. The summed E-state index contributed by atoms with van der Waals surface area (Å²) < 4.78 is 0. The molecular weight excluding hydrogens is 526 g/mol. The van der Waals surface area contributed by atoms with Gasteiger partial charge in [0.15, 0.2) is 0 Å². The Hall–Kier alpha value is -4.04. The molecule has 0 bridgehead atoms. The van der Waals surface area contributed by atoms with Crippen LogP contribution in [-0.4, -0.2) is 66.9 Å². The van der Waals surface area contributed by atoms with Gasteiger partial charge in [-0.15, -0.1) is 0 Å². The second-order valence-electron chi connectivity index (χ2n) is 10.3. The third-order valence-electron chi connectivity index (χ3n) is 7.46. The van der Waals surface area contributed by atoms with E-state index in [9.17, 15) is 14.4 Å². The second-order valence-corrected chi connectivity index (χ2v) is 10.7. The first-order valence-electron chi connectivity index (χ1n) is 13.8. The fraction of sp³-hybridized carbons (Fsp3) is 0.323. The number of hydrogen-bond acceptors (Lipinski definition) is 4. The summed E-state index contributed by atoms with van der Waals surface area (Å²) in [6.07, 6.45) is 3.09. The van der Waals surface area contributed by atoms with E-state index in [1.54, 1.807) is 35.2 Å². The minimum Gasteiger partial charge on any atom is -0.367 e. The molecule has 2 fully saturated rings. The molecule has 0 saturated carbocycles. The first kappa shape index (κ1) is 27.5. The zero-order chi connectivity index (χ0) is 28.1. The number of carbonyl (C=O) groups excluding carboxylic acids is 3. The molecule has 0 atom stereocenters. The number of nitrogens with zero attached hydrogens (tertiary/aromatic N) is 3. The Morgan fingerprint density at radius 1 is 0.700 bits per heavy atom. The Morgan fingerprint density at radius 2 is 1.38 bits per heavy atom. The zero-order valence-electron chi connectivity index (χ0n) is 22.7. The van der Waals surface area contributed by atoms with Gasteiger partial charge in [0, 0.05) is 56.3 Å². The van der Waals surface area contributed by atoms with Crippen LogP contribution in [0.1, 0.15) is 45.5 Å². The lowest BCUT2D eigenvalue weighted by Crippen LogP contribution is -2.50. The summed E-state index contributed by atoms with van der Waals surface area (Å²) in [5, 5.41) is 6.24. The number of nitrogens with one attached hydrogen (secondary N) is 2. The van der Waals surface area contributed by atoms with Crippen LogP contribution in [0.3, 0.4) is 0 Å². The summed E-state index contributed by atoms with van der Waals surface area (Å²) >= 11 is 6.22. The van der Waals surface area contributed by atoms with Crippen LogP contribution in [-0.2, 0) is 0 Å². The van der Waals surface area contributed by atoms with E-state index < -0.39 is 0 Å². The molecule has 2 heterocycles. The quantitative estimate of drug-likeness (QED) is 0.409. The number of likely N-dealkylation sites (tertiary alicyclic amines) is 1. The number of anilines is 3.